The summed E-state index contributed by atoms with van der Waals surface area (Å²) in [6, 6.07) is 0. The summed E-state index contributed by atoms with van der Waals surface area (Å²) in [5, 5.41) is 0. The zero-order valence-electron chi connectivity index (χ0n) is 17.0. The van der Waals surface area contributed by atoms with Crippen molar-refractivity contribution in [2.45, 2.75) is 79.0 Å². The summed E-state index contributed by atoms with van der Waals surface area (Å²) >= 11 is 7.05. The van der Waals surface area contributed by atoms with Crippen LogP contribution in [0.15, 0.2) is 0 Å². The lowest BCUT2D eigenvalue weighted by atomic mass is 9.90. The number of carbonyl (C=O) groups is 1. The van der Waals surface area contributed by atoms with Gasteiger partial charge in [-0.05, 0) is 37.5 Å². The minimum absolute atomic E-state index is 0.162. The summed E-state index contributed by atoms with van der Waals surface area (Å²) in [5.41, 5.74) is 0. The van der Waals surface area contributed by atoms with Crippen LogP contribution in [0, 0.1) is 17.8 Å². The van der Waals surface area contributed by atoms with Crippen LogP contribution in [0.1, 0.15) is 79.6 Å². The molecule has 26 heavy (non-hydrogen) atoms. The molecular formula is C19H38I3NO3. The van der Waals surface area contributed by atoms with Crippen molar-refractivity contribution in [1.29, 1.82) is 0 Å². The molecule has 0 radical (unpaired) electrons. The quantitative estimate of drug-likeness (QED) is 0.0966. The predicted molar refractivity (Wildman–Crippen MR) is 137 cm³/mol. The number of halogens is 3. The van der Waals surface area contributed by atoms with Gasteiger partial charge in [-0.3, -0.25) is 4.84 Å². The largest absolute Gasteiger partial charge is 0.464 e. The highest BCUT2D eigenvalue weighted by molar-refractivity contribution is 14.3. The van der Waals surface area contributed by atoms with Gasteiger partial charge in [-0.1, -0.05) is 128 Å². The highest BCUT2D eigenvalue weighted by atomic mass is 127. The molecule has 4 nitrogen and oxygen atoms in total. The van der Waals surface area contributed by atoms with Crippen LogP contribution >= 0.6 is 67.8 Å². The van der Waals surface area contributed by atoms with E-state index in [9.17, 15) is 4.79 Å². The minimum Gasteiger partial charge on any atom is -0.464 e. The van der Waals surface area contributed by atoms with Gasteiger partial charge in [0.1, 0.15) is -0.565 Å². The van der Waals surface area contributed by atoms with Gasteiger partial charge in [0.2, 0.25) is 0 Å². The molecule has 0 saturated carbocycles. The van der Waals surface area contributed by atoms with Gasteiger partial charge < -0.3 is 4.74 Å². The van der Waals surface area contributed by atoms with E-state index in [1.54, 1.807) is 0 Å². The van der Waals surface area contributed by atoms with E-state index in [4.69, 9.17) is 10.6 Å². The monoisotopic (exact) mass is 709 g/mol. The van der Waals surface area contributed by atoms with Crippen LogP contribution in [0.5, 0.6) is 0 Å². The predicted octanol–water partition coefficient (Wildman–Crippen LogP) is 7.04. The molecule has 0 aliphatic heterocycles. The summed E-state index contributed by atoms with van der Waals surface area (Å²) in [6.07, 6.45) is 8.39. The van der Waals surface area contributed by atoms with Crippen LogP contribution in [-0.2, 0) is 14.4 Å². The summed E-state index contributed by atoms with van der Waals surface area (Å²) in [7, 11) is 0. The second-order valence-corrected chi connectivity index (χ2v) is 19.8. The van der Waals surface area contributed by atoms with Crippen LogP contribution in [0.25, 0.3) is 0 Å². The Kier molecular flexibility index (Phi) is 21.3. The Morgan fingerprint density at radius 1 is 1.00 bits per heavy atom. The summed E-state index contributed by atoms with van der Waals surface area (Å²) < 4.78 is 5.66. The van der Waals surface area contributed by atoms with Gasteiger partial charge in [0.15, 0.2) is 6.61 Å². The summed E-state index contributed by atoms with van der Waals surface area (Å²) in [5.74, 6) is 6.50. The average molecular weight is 709 g/mol. The highest BCUT2D eigenvalue weighted by Gasteiger charge is 2.14. The molecule has 0 aromatic carbocycles. The van der Waals surface area contributed by atoms with E-state index in [1.807, 2.05) is 0 Å². The van der Waals surface area contributed by atoms with Crippen molar-refractivity contribution in [2.24, 2.45) is 23.7 Å². The maximum atomic E-state index is 11.3. The molecule has 0 saturated heterocycles. The first kappa shape index (κ1) is 29.8. The zero-order chi connectivity index (χ0) is 20.6. The molecule has 3 unspecified atom stereocenters. The normalized spacial score (nSPS) is 14.8. The lowest BCUT2D eigenvalue weighted by molar-refractivity contribution is -0.150. The maximum Gasteiger partial charge on any atom is 0.334 e. The Labute approximate surface area is 202 Å². The van der Waals surface area contributed by atoms with E-state index < -0.39 is 0 Å². The van der Waals surface area contributed by atoms with Crippen molar-refractivity contribution in [3.8, 4) is 0 Å². The molecule has 0 aliphatic carbocycles. The van der Waals surface area contributed by atoms with Gasteiger partial charge in [0.05, 0.1) is 6.61 Å². The van der Waals surface area contributed by atoms with E-state index in [0.717, 1.165) is 24.7 Å². The minimum atomic E-state index is -0.368. The third-order valence-corrected chi connectivity index (χ3v) is 4.45. The van der Waals surface area contributed by atoms with E-state index in [2.05, 4.69) is 107 Å². The number of hydrogen-bond donors (Lipinski definition) is 1. The first-order valence-electron chi connectivity index (χ1n) is 9.57. The van der Waals surface area contributed by atoms with Crippen LogP contribution in [0.2, 0.25) is 0 Å². The molecule has 0 aromatic heterocycles. The Morgan fingerprint density at radius 2 is 1.50 bits per heavy atom. The third-order valence-electron chi connectivity index (χ3n) is 4.45. The number of ether oxygens (including phenoxy) is 1. The molecular weight excluding hydrogens is 671 g/mol. The second-order valence-electron chi connectivity index (χ2n) is 7.18. The molecule has 0 heterocycles. The first-order chi connectivity index (χ1) is 12.0. The van der Waals surface area contributed by atoms with Crippen molar-refractivity contribution in [3.05, 3.63) is 0 Å². The van der Waals surface area contributed by atoms with Crippen molar-refractivity contribution >= 4 is 73.7 Å². The fraction of sp³-hybridized carbons (Fsp3) is 0.947. The van der Waals surface area contributed by atoms with E-state index in [-0.39, 0.29) is 12.6 Å². The Bertz CT molecular complexity index is 332. The molecule has 158 valence electrons. The van der Waals surface area contributed by atoms with Gasteiger partial charge in [0, 0.05) is 0 Å². The van der Waals surface area contributed by atoms with Gasteiger partial charge in [-0.2, -0.15) is 0 Å². The molecule has 0 aromatic rings. The van der Waals surface area contributed by atoms with E-state index >= 15 is 0 Å². The zero-order valence-corrected chi connectivity index (χ0v) is 23.5. The van der Waals surface area contributed by atoms with Crippen molar-refractivity contribution in [2.75, 3.05) is 13.2 Å². The molecule has 0 bridgehead atoms. The lowest BCUT2D eigenvalue weighted by Crippen LogP contribution is -2.20. The highest BCUT2D eigenvalue weighted by Crippen LogP contribution is 2.33. The molecule has 3 atom stereocenters. The summed E-state index contributed by atoms with van der Waals surface area (Å²) in [4.78, 5) is 15.6. The lowest BCUT2D eigenvalue weighted by Gasteiger charge is -2.19. The standard InChI is InChI=1S/C17H35NO3.C2H3I3/c1-5-14(3)8-7-9-16(11-10-15(4)6-2)12-20-17(19)13-21-18;1-2(3,4)5/h14-16H,5-13,18H2,1-4H3;1H3. The molecule has 0 amide bonds. The van der Waals surface area contributed by atoms with Crippen LogP contribution in [-0.4, -0.2) is 18.6 Å². The van der Waals surface area contributed by atoms with Crippen LogP contribution < -0.4 is 5.90 Å². The van der Waals surface area contributed by atoms with Crippen LogP contribution in [0.4, 0.5) is 0 Å². The Hall–Kier alpha value is 1.58. The number of nitrogens with two attached hydrogens (primary N) is 1. The third kappa shape index (κ3) is 25.6. The summed E-state index contributed by atoms with van der Waals surface area (Å²) in [6.45, 7) is 11.5. The maximum absolute atomic E-state index is 11.3. The molecule has 0 aliphatic rings. The van der Waals surface area contributed by atoms with E-state index in [0.29, 0.717) is 12.0 Å². The SMILES string of the molecule is CC(I)(I)I.CCC(C)CCCC(CCC(C)CC)COC(=O)CON. The van der Waals surface area contributed by atoms with Gasteiger partial charge in [-0.15, -0.1) is 0 Å². The van der Waals surface area contributed by atoms with Crippen LogP contribution in [0.3, 0.4) is 0 Å². The topological polar surface area (TPSA) is 61.5 Å². The fourth-order valence-electron chi connectivity index (χ4n) is 2.31. The number of esters is 1. The Balaban J connectivity index is 0. The number of hydrogen-bond acceptors (Lipinski definition) is 4. The Morgan fingerprint density at radius 3 is 1.96 bits per heavy atom. The van der Waals surface area contributed by atoms with Gasteiger partial charge >= 0.3 is 5.97 Å². The number of rotatable bonds is 13. The van der Waals surface area contributed by atoms with Gasteiger partial charge in [-0.25, -0.2) is 10.7 Å². The average Bonchev–Trinajstić information content (AvgIpc) is 2.54. The smallest absolute Gasteiger partial charge is 0.334 e. The van der Waals surface area contributed by atoms with E-state index in [1.165, 1.54) is 32.1 Å². The molecule has 0 rings (SSSR count). The van der Waals surface area contributed by atoms with Crippen molar-refractivity contribution in [1.82, 2.24) is 0 Å². The molecule has 7 heteroatoms. The van der Waals surface area contributed by atoms with Crippen molar-refractivity contribution in [3.63, 3.8) is 0 Å². The molecule has 0 fully saturated rings. The fourth-order valence-corrected chi connectivity index (χ4v) is 2.31. The number of alkyl halides is 3. The second kappa shape index (κ2) is 18.6. The molecule has 2 N–H and O–H groups in total. The molecule has 0 spiro atoms. The first-order valence-corrected chi connectivity index (χ1v) is 12.8. The van der Waals surface area contributed by atoms with Gasteiger partial charge in [0.25, 0.3) is 0 Å². The number of carbonyl (C=O) groups excluding carboxylic acids is 1. The van der Waals surface area contributed by atoms with Crippen molar-refractivity contribution < 1.29 is 14.4 Å².